The monoisotopic (exact) mass is 317 g/mol. The van der Waals surface area contributed by atoms with Gasteiger partial charge in [0, 0.05) is 0 Å². The van der Waals surface area contributed by atoms with Gasteiger partial charge in [-0.2, -0.15) is 0 Å². The van der Waals surface area contributed by atoms with Gasteiger partial charge in [0.15, 0.2) is 12.3 Å². The molecule has 1 saturated heterocycles. The van der Waals surface area contributed by atoms with Crippen LogP contribution in [-0.2, 0) is 16.0 Å². The van der Waals surface area contributed by atoms with Gasteiger partial charge in [0.05, 0.1) is 19.1 Å². The molecule has 1 aromatic rings. The molecule has 4 nitrogen and oxygen atoms in total. The number of likely N-dealkylation sites (tertiary alicyclic amines) is 1. The molecule has 126 valence electrons. The van der Waals surface area contributed by atoms with Crippen molar-refractivity contribution in [3.05, 3.63) is 35.9 Å². The highest BCUT2D eigenvalue weighted by Gasteiger charge is 2.21. The molecule has 2 rings (SSSR count). The van der Waals surface area contributed by atoms with Crippen LogP contribution in [0.3, 0.4) is 0 Å². The number of amides is 1. The zero-order valence-corrected chi connectivity index (χ0v) is 14.1. The minimum absolute atomic E-state index is 0.00305. The highest BCUT2D eigenvalue weighted by atomic mass is 16.2. The summed E-state index contributed by atoms with van der Waals surface area (Å²) in [6, 6.07) is 9.43. The molecule has 1 aliphatic heterocycles. The number of quaternary nitrogens is 1. The molecule has 0 radical (unpaired) electrons. The van der Waals surface area contributed by atoms with Crippen LogP contribution in [0.2, 0.25) is 0 Å². The molecule has 0 unspecified atom stereocenters. The summed E-state index contributed by atoms with van der Waals surface area (Å²) in [7, 11) is 0. The van der Waals surface area contributed by atoms with Crippen LogP contribution in [0.15, 0.2) is 30.3 Å². The van der Waals surface area contributed by atoms with Gasteiger partial charge in [-0.3, -0.25) is 9.59 Å². The number of Topliss-reactive ketones (excluding diaryl/α,β-unsaturated/α-hetero) is 1. The van der Waals surface area contributed by atoms with Crippen molar-refractivity contribution in [1.82, 2.24) is 5.32 Å². The summed E-state index contributed by atoms with van der Waals surface area (Å²) in [5, 5.41) is 2.94. The molecule has 23 heavy (non-hydrogen) atoms. The summed E-state index contributed by atoms with van der Waals surface area (Å²) in [5.74, 6) is 0.0153. The third kappa shape index (κ3) is 6.53. The molecule has 0 aliphatic carbocycles. The zero-order chi connectivity index (χ0) is 16.5. The Hall–Kier alpha value is -1.68. The summed E-state index contributed by atoms with van der Waals surface area (Å²) in [6.45, 7) is 4.17. The maximum absolute atomic E-state index is 12.3. The Kier molecular flexibility index (Phi) is 7.27. The third-order valence-electron chi connectivity index (χ3n) is 4.58. The lowest BCUT2D eigenvalue weighted by Gasteiger charge is -2.22. The Morgan fingerprint density at radius 2 is 1.65 bits per heavy atom. The normalized spacial score (nSPS) is 17.8. The van der Waals surface area contributed by atoms with Crippen LogP contribution < -0.4 is 10.2 Å². The van der Waals surface area contributed by atoms with E-state index in [-0.39, 0.29) is 11.7 Å². The van der Waals surface area contributed by atoms with E-state index >= 15 is 0 Å². The number of benzene rings is 1. The van der Waals surface area contributed by atoms with Crippen molar-refractivity contribution in [3.63, 3.8) is 0 Å². The Balaban J connectivity index is 1.86. The molecule has 1 aromatic carbocycles. The minimum Gasteiger partial charge on any atom is -0.341 e. The van der Waals surface area contributed by atoms with E-state index < -0.39 is 6.04 Å². The Labute approximate surface area is 139 Å². The maximum atomic E-state index is 12.3. The largest absolute Gasteiger partial charge is 0.341 e. The number of carbonyl (C=O) groups excluding carboxylic acids is 2. The molecular weight excluding hydrogens is 288 g/mol. The van der Waals surface area contributed by atoms with Gasteiger partial charge in [0.25, 0.3) is 5.91 Å². The zero-order valence-electron chi connectivity index (χ0n) is 14.1. The highest BCUT2D eigenvalue weighted by molar-refractivity contribution is 5.88. The van der Waals surface area contributed by atoms with Crippen molar-refractivity contribution in [2.24, 2.45) is 0 Å². The van der Waals surface area contributed by atoms with Crippen LogP contribution in [0.5, 0.6) is 0 Å². The van der Waals surface area contributed by atoms with E-state index in [0.29, 0.717) is 13.0 Å². The lowest BCUT2D eigenvalue weighted by molar-refractivity contribution is -0.893. The molecule has 1 aliphatic rings. The van der Waals surface area contributed by atoms with Crippen LogP contribution in [0.25, 0.3) is 0 Å². The van der Waals surface area contributed by atoms with E-state index in [1.54, 1.807) is 6.92 Å². The van der Waals surface area contributed by atoms with Gasteiger partial charge in [-0.05, 0) is 44.6 Å². The molecule has 0 aromatic heterocycles. The van der Waals surface area contributed by atoms with E-state index in [4.69, 9.17) is 0 Å². The number of rotatable bonds is 6. The molecule has 1 atom stereocenters. The van der Waals surface area contributed by atoms with E-state index in [2.05, 4.69) is 5.32 Å². The molecule has 1 heterocycles. The highest BCUT2D eigenvalue weighted by Crippen LogP contribution is 2.04. The first-order valence-electron chi connectivity index (χ1n) is 8.82. The molecule has 1 fully saturated rings. The van der Waals surface area contributed by atoms with Gasteiger partial charge < -0.3 is 10.2 Å². The summed E-state index contributed by atoms with van der Waals surface area (Å²) < 4.78 is 0. The van der Waals surface area contributed by atoms with E-state index in [1.807, 2.05) is 30.3 Å². The van der Waals surface area contributed by atoms with Gasteiger partial charge in [-0.15, -0.1) is 0 Å². The van der Waals surface area contributed by atoms with Crippen LogP contribution in [0.1, 0.15) is 44.6 Å². The lowest BCUT2D eigenvalue weighted by atomic mass is 10.0. The molecule has 2 N–H and O–H groups in total. The van der Waals surface area contributed by atoms with Gasteiger partial charge in [0.1, 0.15) is 0 Å². The molecule has 0 spiro atoms. The van der Waals surface area contributed by atoms with Crippen molar-refractivity contribution in [1.29, 1.82) is 0 Å². The van der Waals surface area contributed by atoms with Gasteiger partial charge in [-0.25, -0.2) is 0 Å². The number of hydrogen-bond donors (Lipinski definition) is 2. The number of nitrogens with one attached hydrogen (secondary N) is 2. The summed E-state index contributed by atoms with van der Waals surface area (Å²) in [6.07, 6.45) is 6.83. The van der Waals surface area contributed by atoms with Crippen molar-refractivity contribution < 1.29 is 14.5 Å². The van der Waals surface area contributed by atoms with E-state index in [9.17, 15) is 9.59 Å². The topological polar surface area (TPSA) is 50.6 Å². The molecular formula is C19H29N2O2+. The van der Waals surface area contributed by atoms with Crippen LogP contribution in [0, 0.1) is 0 Å². The fraction of sp³-hybridized carbons (Fsp3) is 0.579. The fourth-order valence-corrected chi connectivity index (χ4v) is 3.20. The second-order valence-corrected chi connectivity index (χ2v) is 6.62. The van der Waals surface area contributed by atoms with Crippen molar-refractivity contribution in [2.75, 3.05) is 19.6 Å². The number of ketones is 1. The Morgan fingerprint density at radius 1 is 1.04 bits per heavy atom. The first kappa shape index (κ1) is 17.7. The fourth-order valence-electron chi connectivity index (χ4n) is 3.20. The number of hydrogen-bond acceptors (Lipinski definition) is 2. The predicted molar refractivity (Wildman–Crippen MR) is 91.4 cm³/mol. The van der Waals surface area contributed by atoms with Crippen molar-refractivity contribution in [3.8, 4) is 0 Å². The average Bonchev–Trinajstić information content (AvgIpc) is 2.50. The third-order valence-corrected chi connectivity index (χ3v) is 4.58. The minimum atomic E-state index is -0.418. The summed E-state index contributed by atoms with van der Waals surface area (Å²) in [5.41, 5.74) is 1.08. The molecule has 0 saturated carbocycles. The quantitative estimate of drug-likeness (QED) is 0.827. The second-order valence-electron chi connectivity index (χ2n) is 6.62. The van der Waals surface area contributed by atoms with Gasteiger partial charge in [-0.1, -0.05) is 36.8 Å². The smallest absolute Gasteiger partial charge is 0.275 e. The Bertz CT molecular complexity index is 493. The van der Waals surface area contributed by atoms with E-state index in [0.717, 1.165) is 18.7 Å². The summed E-state index contributed by atoms with van der Waals surface area (Å²) in [4.78, 5) is 25.5. The maximum Gasteiger partial charge on any atom is 0.275 e. The summed E-state index contributed by atoms with van der Waals surface area (Å²) >= 11 is 0. The predicted octanol–water partition coefficient (Wildman–Crippen LogP) is 1.15. The molecule has 1 amide bonds. The number of carbonyl (C=O) groups is 2. The standard InChI is InChI=1S/C19H28N2O2/c1-16(22)18(14-17-10-6-5-7-11-17)20-19(23)15-21-12-8-3-2-4-9-13-21/h5-7,10-11,18H,2-4,8-9,12-15H2,1H3,(H,20,23)/p+1/t18-/m0/s1. The first-order valence-corrected chi connectivity index (χ1v) is 8.82. The van der Waals surface area contributed by atoms with Crippen LogP contribution in [-0.4, -0.2) is 37.4 Å². The van der Waals surface area contributed by atoms with E-state index in [1.165, 1.54) is 37.0 Å². The average molecular weight is 317 g/mol. The van der Waals surface area contributed by atoms with Gasteiger partial charge >= 0.3 is 0 Å². The molecule has 4 heteroatoms. The van der Waals surface area contributed by atoms with Gasteiger partial charge in [0.2, 0.25) is 0 Å². The van der Waals surface area contributed by atoms with Crippen molar-refractivity contribution >= 4 is 11.7 Å². The van der Waals surface area contributed by atoms with Crippen LogP contribution >= 0.6 is 0 Å². The lowest BCUT2D eigenvalue weighted by Crippen LogP contribution is -3.13. The second kappa shape index (κ2) is 9.46. The van der Waals surface area contributed by atoms with Crippen molar-refractivity contribution in [2.45, 2.75) is 51.5 Å². The Morgan fingerprint density at radius 3 is 2.26 bits per heavy atom. The SMILES string of the molecule is CC(=O)[C@H](Cc1ccccc1)NC(=O)C[NH+]1CCCCCCC1. The first-order chi connectivity index (χ1) is 11.1. The van der Waals surface area contributed by atoms with Crippen LogP contribution in [0.4, 0.5) is 0 Å². The molecule has 0 bridgehead atoms.